The molecule has 0 atom stereocenters. The molecule has 2 aromatic carbocycles. The molecule has 0 heterocycles. The first-order valence-electron chi connectivity index (χ1n) is 10.6. The third-order valence-corrected chi connectivity index (χ3v) is 4.44. The number of hydrogen-bond acceptors (Lipinski definition) is 4. The fourth-order valence-corrected chi connectivity index (χ4v) is 2.80. The maximum atomic E-state index is 11.8. The average molecular weight is 410 g/mol. The van der Waals surface area contributed by atoms with Gasteiger partial charge in [-0.25, -0.2) is 4.79 Å². The Bertz CT molecular complexity index is 802. The van der Waals surface area contributed by atoms with Crippen LogP contribution in [0.5, 0.6) is 5.75 Å². The molecule has 2 aromatic rings. The fraction of sp³-hybridized carbons (Fsp3) is 0.360. The highest BCUT2D eigenvalue weighted by Gasteiger charge is 2.02. The number of amides is 1. The highest BCUT2D eigenvalue weighted by Crippen LogP contribution is 2.16. The van der Waals surface area contributed by atoms with Crippen LogP contribution in [0.25, 0.3) is 6.08 Å². The maximum Gasteiger partial charge on any atom is 0.330 e. The van der Waals surface area contributed by atoms with E-state index in [1.54, 1.807) is 6.08 Å². The van der Waals surface area contributed by atoms with Crippen LogP contribution in [0.15, 0.2) is 60.7 Å². The second-order valence-electron chi connectivity index (χ2n) is 7.01. The van der Waals surface area contributed by atoms with Gasteiger partial charge in [0.25, 0.3) is 0 Å². The number of hydrogen-bond donors (Lipinski definition) is 1. The van der Waals surface area contributed by atoms with Crippen molar-refractivity contribution in [2.24, 2.45) is 0 Å². The van der Waals surface area contributed by atoms with E-state index in [1.165, 1.54) is 6.08 Å². The van der Waals surface area contributed by atoms with Crippen LogP contribution < -0.4 is 10.1 Å². The Kier molecular flexibility index (Phi) is 10.8. The van der Waals surface area contributed by atoms with E-state index in [9.17, 15) is 9.59 Å². The highest BCUT2D eigenvalue weighted by atomic mass is 16.5. The standard InChI is InChI=1S/C25H31NO4/c1-2-3-4-8-14-24(27)26-17-18-29-25(28)16-15-21-12-9-13-23(19-21)30-20-22-10-6-5-7-11-22/h5-7,9-13,15-16,19H,2-4,8,14,17-18,20H2,1H3,(H,26,27)/b16-15+. The summed E-state index contributed by atoms with van der Waals surface area (Å²) < 4.78 is 10.9. The molecule has 0 saturated heterocycles. The number of nitrogens with one attached hydrogen (secondary N) is 1. The Morgan fingerprint density at radius 3 is 2.63 bits per heavy atom. The van der Waals surface area contributed by atoms with Gasteiger partial charge in [-0.2, -0.15) is 0 Å². The minimum absolute atomic E-state index is 0.00464. The van der Waals surface area contributed by atoms with E-state index in [2.05, 4.69) is 12.2 Å². The molecule has 0 aliphatic rings. The third kappa shape index (κ3) is 9.92. The molecule has 30 heavy (non-hydrogen) atoms. The Labute approximate surface area is 179 Å². The molecule has 5 nitrogen and oxygen atoms in total. The molecule has 1 amide bonds. The molecule has 1 N–H and O–H groups in total. The van der Waals surface area contributed by atoms with Crippen molar-refractivity contribution in [2.45, 2.75) is 45.6 Å². The first-order chi connectivity index (χ1) is 14.7. The number of unbranched alkanes of at least 4 members (excludes halogenated alkanes) is 3. The van der Waals surface area contributed by atoms with Crippen LogP contribution in [0.2, 0.25) is 0 Å². The van der Waals surface area contributed by atoms with Crippen molar-refractivity contribution in [3.8, 4) is 5.75 Å². The summed E-state index contributed by atoms with van der Waals surface area (Å²) in [7, 11) is 0. The van der Waals surface area contributed by atoms with E-state index in [4.69, 9.17) is 9.47 Å². The van der Waals surface area contributed by atoms with E-state index in [0.29, 0.717) is 19.6 Å². The third-order valence-electron chi connectivity index (χ3n) is 4.44. The zero-order valence-electron chi connectivity index (χ0n) is 17.6. The van der Waals surface area contributed by atoms with Crippen molar-refractivity contribution in [3.63, 3.8) is 0 Å². The van der Waals surface area contributed by atoms with Crippen LogP contribution in [-0.4, -0.2) is 25.0 Å². The fourth-order valence-electron chi connectivity index (χ4n) is 2.80. The number of benzene rings is 2. The molecular formula is C25H31NO4. The first kappa shape index (κ1) is 23.2. The number of ether oxygens (including phenoxy) is 2. The van der Waals surface area contributed by atoms with Gasteiger partial charge in [0.1, 0.15) is 19.0 Å². The monoisotopic (exact) mass is 409 g/mol. The minimum atomic E-state index is -0.442. The number of carbonyl (C=O) groups is 2. The quantitative estimate of drug-likeness (QED) is 0.290. The summed E-state index contributed by atoms with van der Waals surface area (Å²) in [6.45, 7) is 3.11. The molecule has 160 valence electrons. The van der Waals surface area contributed by atoms with Gasteiger partial charge in [0.15, 0.2) is 0 Å². The van der Waals surface area contributed by atoms with Crippen molar-refractivity contribution < 1.29 is 19.1 Å². The summed E-state index contributed by atoms with van der Waals surface area (Å²) in [5.74, 6) is 0.295. The Morgan fingerprint density at radius 1 is 1.00 bits per heavy atom. The lowest BCUT2D eigenvalue weighted by atomic mass is 10.1. The summed E-state index contributed by atoms with van der Waals surface area (Å²) in [5.41, 5.74) is 1.94. The summed E-state index contributed by atoms with van der Waals surface area (Å²) in [6, 6.07) is 17.4. The van der Waals surface area contributed by atoms with Crippen molar-refractivity contribution in [3.05, 3.63) is 71.8 Å². The topological polar surface area (TPSA) is 64.6 Å². The van der Waals surface area contributed by atoms with Crippen molar-refractivity contribution >= 4 is 18.0 Å². The Morgan fingerprint density at radius 2 is 1.83 bits per heavy atom. The van der Waals surface area contributed by atoms with Gasteiger partial charge in [0.05, 0.1) is 6.54 Å². The average Bonchev–Trinajstić information content (AvgIpc) is 2.78. The maximum absolute atomic E-state index is 11.8. The molecule has 5 heteroatoms. The number of esters is 1. The molecule has 0 saturated carbocycles. The van der Waals surface area contributed by atoms with Crippen LogP contribution in [0, 0.1) is 0 Å². The van der Waals surface area contributed by atoms with Crippen LogP contribution in [0.1, 0.15) is 50.2 Å². The van der Waals surface area contributed by atoms with Crippen molar-refractivity contribution in [1.29, 1.82) is 0 Å². The Balaban J connectivity index is 1.66. The normalized spacial score (nSPS) is 10.7. The second kappa shape index (κ2) is 14.0. The van der Waals surface area contributed by atoms with Gasteiger partial charge in [0.2, 0.25) is 5.91 Å². The van der Waals surface area contributed by atoms with Crippen LogP contribution in [0.3, 0.4) is 0 Å². The zero-order valence-corrected chi connectivity index (χ0v) is 17.6. The summed E-state index contributed by atoms with van der Waals surface area (Å²) >= 11 is 0. The number of carbonyl (C=O) groups excluding carboxylic acids is 2. The molecule has 0 spiro atoms. The molecular weight excluding hydrogens is 378 g/mol. The van der Waals surface area contributed by atoms with Gasteiger partial charge >= 0.3 is 5.97 Å². The zero-order chi connectivity index (χ0) is 21.4. The van der Waals surface area contributed by atoms with Crippen LogP contribution >= 0.6 is 0 Å². The highest BCUT2D eigenvalue weighted by molar-refractivity contribution is 5.87. The van der Waals surface area contributed by atoms with Gasteiger partial charge < -0.3 is 14.8 Å². The van der Waals surface area contributed by atoms with E-state index in [0.717, 1.165) is 42.6 Å². The molecule has 0 aliphatic carbocycles. The van der Waals surface area contributed by atoms with Crippen LogP contribution in [-0.2, 0) is 20.9 Å². The predicted octanol–water partition coefficient (Wildman–Crippen LogP) is 4.91. The smallest absolute Gasteiger partial charge is 0.330 e. The lowest BCUT2D eigenvalue weighted by Crippen LogP contribution is -2.27. The molecule has 2 rings (SSSR count). The van der Waals surface area contributed by atoms with Gasteiger partial charge in [-0.3, -0.25) is 4.79 Å². The summed E-state index contributed by atoms with van der Waals surface area (Å²) in [4.78, 5) is 23.5. The summed E-state index contributed by atoms with van der Waals surface area (Å²) in [6.07, 6.45) is 7.86. The van der Waals surface area contributed by atoms with E-state index in [-0.39, 0.29) is 12.5 Å². The first-order valence-corrected chi connectivity index (χ1v) is 10.6. The predicted molar refractivity (Wildman–Crippen MR) is 119 cm³/mol. The molecule has 0 aromatic heterocycles. The van der Waals surface area contributed by atoms with Gasteiger partial charge in [-0.15, -0.1) is 0 Å². The van der Waals surface area contributed by atoms with Crippen molar-refractivity contribution in [2.75, 3.05) is 13.2 Å². The molecule has 0 bridgehead atoms. The van der Waals surface area contributed by atoms with Gasteiger partial charge in [0, 0.05) is 12.5 Å². The minimum Gasteiger partial charge on any atom is -0.489 e. The van der Waals surface area contributed by atoms with E-state index in [1.807, 2.05) is 54.6 Å². The van der Waals surface area contributed by atoms with Gasteiger partial charge in [-0.1, -0.05) is 68.7 Å². The number of rotatable bonds is 13. The molecule has 0 fully saturated rings. The Hall–Kier alpha value is -3.08. The molecule has 0 radical (unpaired) electrons. The van der Waals surface area contributed by atoms with Gasteiger partial charge in [-0.05, 0) is 35.8 Å². The summed E-state index contributed by atoms with van der Waals surface area (Å²) in [5, 5.41) is 2.77. The van der Waals surface area contributed by atoms with Crippen molar-refractivity contribution in [1.82, 2.24) is 5.32 Å². The second-order valence-corrected chi connectivity index (χ2v) is 7.01. The van der Waals surface area contributed by atoms with E-state index >= 15 is 0 Å². The SMILES string of the molecule is CCCCCCC(=O)NCCOC(=O)/C=C/c1cccc(OCc2ccccc2)c1. The van der Waals surface area contributed by atoms with Crippen LogP contribution in [0.4, 0.5) is 0 Å². The molecule has 0 unspecified atom stereocenters. The lowest BCUT2D eigenvalue weighted by molar-refractivity contribution is -0.138. The lowest BCUT2D eigenvalue weighted by Gasteiger charge is -2.07. The van der Waals surface area contributed by atoms with E-state index < -0.39 is 5.97 Å². The molecule has 0 aliphatic heterocycles. The largest absolute Gasteiger partial charge is 0.489 e.